The van der Waals surface area contributed by atoms with Crippen LogP contribution in [-0.4, -0.2) is 8.42 Å². The van der Waals surface area contributed by atoms with E-state index in [2.05, 4.69) is 0 Å². The van der Waals surface area contributed by atoms with Crippen molar-refractivity contribution < 1.29 is 43.5 Å². The molecule has 4 aromatic rings. The number of halogens is 8. The minimum absolute atomic E-state index is 0.139. The molecule has 0 aliphatic carbocycles. The minimum Gasteiger partial charge on any atom is -0.227 e. The predicted octanol–water partition coefficient (Wildman–Crippen LogP) is 9.63. The summed E-state index contributed by atoms with van der Waals surface area (Å²) in [6.45, 7) is 0. The molecular weight excluding hydrogens is 600 g/mol. The number of sulfone groups is 1. The zero-order valence-corrected chi connectivity index (χ0v) is 22.8. The number of hydrogen-bond acceptors (Lipinski definition) is 2. The lowest BCUT2D eigenvalue weighted by Crippen LogP contribution is -2.19. The third kappa shape index (κ3) is 7.98. The highest BCUT2D eigenvalue weighted by atomic mass is 32.2. The summed E-state index contributed by atoms with van der Waals surface area (Å²) in [7, 11) is -4.38. The van der Waals surface area contributed by atoms with E-state index in [0.29, 0.717) is 0 Å². The van der Waals surface area contributed by atoms with E-state index in [1.54, 1.807) is 0 Å². The van der Waals surface area contributed by atoms with Crippen molar-refractivity contribution in [3.8, 4) is 0 Å². The highest BCUT2D eigenvalue weighted by Gasteiger charge is 2.34. The van der Waals surface area contributed by atoms with Crippen LogP contribution in [0.15, 0.2) is 109 Å². The van der Waals surface area contributed by atoms with Gasteiger partial charge in [-0.2, -0.15) is 26.3 Å². The Morgan fingerprint density at radius 1 is 0.488 bits per heavy atom. The second-order valence-corrected chi connectivity index (χ2v) is 11.7. The molecule has 11 heteroatoms. The van der Waals surface area contributed by atoms with Crippen molar-refractivity contribution in [2.75, 3.05) is 0 Å². The number of alkyl halides is 6. The summed E-state index contributed by atoms with van der Waals surface area (Å²) in [5.41, 5.74) is -0.989. The second-order valence-electron chi connectivity index (χ2n) is 9.49. The van der Waals surface area contributed by atoms with Gasteiger partial charge in [0.05, 0.1) is 11.1 Å². The summed E-state index contributed by atoms with van der Waals surface area (Å²) in [6, 6.07) is 17.2. The Labute approximate surface area is 242 Å². The fourth-order valence-corrected chi connectivity index (χ4v) is 6.23. The lowest BCUT2D eigenvalue weighted by molar-refractivity contribution is -0.138. The Hall–Kier alpha value is -4.25. The molecule has 0 aromatic heterocycles. The van der Waals surface area contributed by atoms with Crippen LogP contribution >= 0.6 is 0 Å². The van der Waals surface area contributed by atoms with E-state index in [-0.39, 0.29) is 22.3 Å². The van der Waals surface area contributed by atoms with Crippen LogP contribution in [0.1, 0.15) is 43.9 Å². The van der Waals surface area contributed by atoms with Crippen molar-refractivity contribution in [3.05, 3.63) is 154 Å². The van der Waals surface area contributed by atoms with Gasteiger partial charge in [-0.15, -0.1) is 0 Å². The summed E-state index contributed by atoms with van der Waals surface area (Å²) >= 11 is 0. The van der Waals surface area contributed by atoms with Gasteiger partial charge in [-0.1, -0.05) is 72.8 Å². The van der Waals surface area contributed by atoms with Gasteiger partial charge in [-0.3, -0.25) is 0 Å². The van der Waals surface area contributed by atoms with Crippen molar-refractivity contribution >= 4 is 22.0 Å². The molecular formula is C32H22F8O2S. The molecule has 0 bridgehead atoms. The van der Waals surface area contributed by atoms with E-state index < -0.39 is 55.5 Å². The molecule has 43 heavy (non-hydrogen) atoms. The molecule has 0 aliphatic heterocycles. The molecule has 0 radical (unpaired) electrons. The van der Waals surface area contributed by atoms with Crippen LogP contribution in [0.3, 0.4) is 0 Å². The van der Waals surface area contributed by atoms with Crippen molar-refractivity contribution in [2.45, 2.75) is 22.9 Å². The summed E-state index contributed by atoms with van der Waals surface area (Å²) in [6.07, 6.45) is -4.02. The van der Waals surface area contributed by atoms with Crippen LogP contribution in [0.4, 0.5) is 35.1 Å². The zero-order chi connectivity index (χ0) is 31.4. The monoisotopic (exact) mass is 622 g/mol. The van der Waals surface area contributed by atoms with Crippen molar-refractivity contribution in [1.82, 2.24) is 0 Å². The smallest absolute Gasteiger partial charge is 0.227 e. The SMILES string of the molecule is O=S(=O)(C(C=Cc1ccc(C(F)(F)F)cc1)c1ccc(F)cc1)C(C=Cc1ccc(C(F)(F)F)cc1)c1ccc(F)cc1. The lowest BCUT2D eigenvalue weighted by Gasteiger charge is -2.22. The van der Waals surface area contributed by atoms with E-state index in [4.69, 9.17) is 0 Å². The largest absolute Gasteiger partial charge is 0.416 e. The average Bonchev–Trinajstić information content (AvgIpc) is 2.94. The van der Waals surface area contributed by atoms with Gasteiger partial charge in [0.25, 0.3) is 0 Å². The third-order valence-electron chi connectivity index (χ3n) is 6.51. The van der Waals surface area contributed by atoms with Crippen LogP contribution in [0, 0.1) is 11.6 Å². The fourth-order valence-electron chi connectivity index (χ4n) is 4.25. The van der Waals surface area contributed by atoms with E-state index in [0.717, 1.165) is 72.8 Å². The molecule has 2 atom stereocenters. The van der Waals surface area contributed by atoms with Gasteiger partial charge in [0, 0.05) is 0 Å². The summed E-state index contributed by atoms with van der Waals surface area (Å²) in [5, 5.41) is -2.91. The van der Waals surface area contributed by atoms with Gasteiger partial charge in [0.2, 0.25) is 0 Å². The van der Waals surface area contributed by atoms with Crippen LogP contribution in [0.25, 0.3) is 12.2 Å². The Morgan fingerprint density at radius 3 is 1.07 bits per heavy atom. The first-order valence-corrected chi connectivity index (χ1v) is 14.2. The molecule has 0 heterocycles. The molecule has 0 aliphatic rings. The fraction of sp³-hybridized carbons (Fsp3) is 0.125. The Morgan fingerprint density at radius 2 is 0.791 bits per heavy atom. The number of benzene rings is 4. The van der Waals surface area contributed by atoms with Crippen LogP contribution in [0.2, 0.25) is 0 Å². The van der Waals surface area contributed by atoms with Gasteiger partial charge in [0.15, 0.2) is 9.84 Å². The first kappa shape index (κ1) is 31.7. The molecule has 0 amide bonds. The maximum absolute atomic E-state index is 14.2. The van der Waals surface area contributed by atoms with E-state index in [1.165, 1.54) is 48.6 Å². The van der Waals surface area contributed by atoms with Gasteiger partial charge >= 0.3 is 12.4 Å². The first-order chi connectivity index (χ1) is 20.1. The Balaban J connectivity index is 1.78. The number of hydrogen-bond donors (Lipinski definition) is 0. The second kappa shape index (κ2) is 12.5. The highest BCUT2D eigenvalue weighted by Crippen LogP contribution is 2.38. The molecule has 4 rings (SSSR count). The van der Waals surface area contributed by atoms with E-state index in [9.17, 15) is 43.5 Å². The summed E-state index contributed by atoms with van der Waals surface area (Å²) < 4.78 is 134. The van der Waals surface area contributed by atoms with Crippen molar-refractivity contribution in [3.63, 3.8) is 0 Å². The molecule has 224 valence electrons. The van der Waals surface area contributed by atoms with Gasteiger partial charge in [-0.05, 0) is 70.8 Å². The lowest BCUT2D eigenvalue weighted by atomic mass is 10.1. The summed E-state index contributed by atoms with van der Waals surface area (Å²) in [4.78, 5) is 0. The molecule has 0 saturated carbocycles. The standard InChI is InChI=1S/C32H22F8O2S/c33-27-15-7-23(8-16-27)29(19-5-21-1-11-25(12-2-21)31(35,36)37)43(41,42)30(24-9-17-28(34)18-10-24)20-6-22-3-13-26(14-4-22)32(38,39)40/h1-20,29-30H. The Bertz CT molecular complexity index is 1560. The van der Waals surface area contributed by atoms with Gasteiger partial charge in [-0.25, -0.2) is 17.2 Å². The zero-order valence-electron chi connectivity index (χ0n) is 22.0. The van der Waals surface area contributed by atoms with Crippen LogP contribution < -0.4 is 0 Å². The molecule has 0 N–H and O–H groups in total. The van der Waals surface area contributed by atoms with E-state index in [1.807, 2.05) is 0 Å². The molecule has 0 saturated heterocycles. The van der Waals surface area contributed by atoms with Crippen molar-refractivity contribution in [2.24, 2.45) is 0 Å². The molecule has 2 unspecified atom stereocenters. The van der Waals surface area contributed by atoms with Gasteiger partial charge in [0.1, 0.15) is 22.1 Å². The van der Waals surface area contributed by atoms with Crippen LogP contribution in [0.5, 0.6) is 0 Å². The molecule has 4 aromatic carbocycles. The normalized spacial score (nSPS) is 14.3. The predicted molar refractivity (Wildman–Crippen MR) is 148 cm³/mol. The average molecular weight is 623 g/mol. The van der Waals surface area contributed by atoms with E-state index >= 15 is 0 Å². The molecule has 0 spiro atoms. The third-order valence-corrected chi connectivity index (χ3v) is 8.78. The number of rotatable bonds is 8. The topological polar surface area (TPSA) is 34.1 Å². The van der Waals surface area contributed by atoms with Crippen molar-refractivity contribution in [1.29, 1.82) is 0 Å². The maximum Gasteiger partial charge on any atom is 0.416 e. The first-order valence-electron chi connectivity index (χ1n) is 12.6. The highest BCUT2D eigenvalue weighted by molar-refractivity contribution is 7.92. The Kier molecular flexibility index (Phi) is 9.24. The maximum atomic E-state index is 14.2. The van der Waals surface area contributed by atoms with Gasteiger partial charge < -0.3 is 0 Å². The molecule has 2 nitrogen and oxygen atoms in total. The summed E-state index contributed by atoms with van der Waals surface area (Å²) in [5.74, 6) is -1.27. The van der Waals surface area contributed by atoms with Crippen LogP contribution in [-0.2, 0) is 22.2 Å². The quantitative estimate of drug-likeness (QED) is 0.184. The molecule has 0 fully saturated rings. The minimum atomic E-state index is -4.57.